The van der Waals surface area contributed by atoms with E-state index in [1.807, 2.05) is 55.5 Å². The number of aryl methyl sites for hydroxylation is 1. The first-order valence-electron chi connectivity index (χ1n) is 9.39. The van der Waals surface area contributed by atoms with Crippen LogP contribution in [0.25, 0.3) is 22.2 Å². The lowest BCUT2D eigenvalue weighted by atomic mass is 10.0. The lowest BCUT2D eigenvalue weighted by Crippen LogP contribution is -2.01. The van der Waals surface area contributed by atoms with E-state index >= 15 is 0 Å². The molecule has 0 radical (unpaired) electrons. The number of anilines is 2. The largest absolute Gasteiger partial charge is 0.497 e. The molecule has 0 saturated heterocycles. The van der Waals surface area contributed by atoms with E-state index in [-0.39, 0.29) is 0 Å². The molecular weight excluding hydrogens is 380 g/mol. The van der Waals surface area contributed by atoms with Crippen molar-refractivity contribution in [3.8, 4) is 28.4 Å². The number of nitrogens with zero attached hydrogens (tertiary/aromatic N) is 3. The standard InChI is InChI=1S/C23H22N4O3/c1-14-9-15(16-10-19(29-3)13-20(11-16)30-4)12-21-22(14)25-23(27-26-21)24-17-5-7-18(28-2)8-6-17/h5-13H,1-4H3,(H,24,25,27). The van der Waals surface area contributed by atoms with Crippen molar-refractivity contribution in [3.05, 3.63) is 60.2 Å². The third-order valence-corrected chi connectivity index (χ3v) is 4.78. The summed E-state index contributed by atoms with van der Waals surface area (Å²) in [7, 11) is 4.91. The van der Waals surface area contributed by atoms with Crippen LogP contribution < -0.4 is 19.5 Å². The van der Waals surface area contributed by atoms with E-state index in [4.69, 9.17) is 14.2 Å². The summed E-state index contributed by atoms with van der Waals surface area (Å²) in [5, 5.41) is 11.8. The monoisotopic (exact) mass is 402 g/mol. The van der Waals surface area contributed by atoms with E-state index in [1.165, 1.54) is 0 Å². The minimum absolute atomic E-state index is 0.437. The summed E-state index contributed by atoms with van der Waals surface area (Å²) in [6, 6.07) is 17.4. The van der Waals surface area contributed by atoms with Gasteiger partial charge in [-0.05, 0) is 72.1 Å². The van der Waals surface area contributed by atoms with Gasteiger partial charge in [-0.25, -0.2) is 4.98 Å². The normalized spacial score (nSPS) is 10.7. The number of benzene rings is 3. The second-order valence-corrected chi connectivity index (χ2v) is 6.75. The molecule has 0 spiro atoms. The van der Waals surface area contributed by atoms with Crippen LogP contribution in [0.2, 0.25) is 0 Å². The van der Waals surface area contributed by atoms with Gasteiger partial charge in [0.25, 0.3) is 0 Å². The lowest BCUT2D eigenvalue weighted by Gasteiger charge is -2.11. The second-order valence-electron chi connectivity index (χ2n) is 6.75. The minimum atomic E-state index is 0.437. The Morgan fingerprint density at radius 2 is 1.33 bits per heavy atom. The van der Waals surface area contributed by atoms with Gasteiger partial charge in [-0.3, -0.25) is 0 Å². The van der Waals surface area contributed by atoms with Gasteiger partial charge in [0.15, 0.2) is 0 Å². The molecule has 1 N–H and O–H groups in total. The molecule has 0 aliphatic heterocycles. The zero-order valence-corrected chi connectivity index (χ0v) is 17.3. The average molecular weight is 402 g/mol. The highest BCUT2D eigenvalue weighted by molar-refractivity contribution is 5.85. The molecule has 4 aromatic rings. The maximum atomic E-state index is 5.39. The smallest absolute Gasteiger partial charge is 0.247 e. The van der Waals surface area contributed by atoms with Crippen LogP contribution in [0.1, 0.15) is 5.56 Å². The summed E-state index contributed by atoms with van der Waals surface area (Å²) in [5.74, 6) is 2.68. The summed E-state index contributed by atoms with van der Waals surface area (Å²) in [6.45, 7) is 2.01. The highest BCUT2D eigenvalue weighted by Gasteiger charge is 2.10. The second kappa shape index (κ2) is 8.24. The van der Waals surface area contributed by atoms with Crippen LogP contribution in [-0.2, 0) is 0 Å². The molecule has 0 fully saturated rings. The van der Waals surface area contributed by atoms with Gasteiger partial charge in [0.05, 0.1) is 26.8 Å². The van der Waals surface area contributed by atoms with Crippen molar-refractivity contribution < 1.29 is 14.2 Å². The average Bonchev–Trinajstić information content (AvgIpc) is 2.79. The Labute approximate surface area is 174 Å². The van der Waals surface area contributed by atoms with Gasteiger partial charge in [0.1, 0.15) is 22.8 Å². The molecule has 4 rings (SSSR count). The third-order valence-electron chi connectivity index (χ3n) is 4.78. The molecule has 0 unspecified atom stereocenters. The number of aromatic nitrogens is 3. The number of hydrogen-bond acceptors (Lipinski definition) is 7. The molecule has 30 heavy (non-hydrogen) atoms. The first-order chi connectivity index (χ1) is 14.6. The summed E-state index contributed by atoms with van der Waals surface area (Å²) < 4.78 is 16.0. The van der Waals surface area contributed by atoms with Crippen molar-refractivity contribution in [1.29, 1.82) is 0 Å². The molecule has 7 heteroatoms. The Kier molecular flexibility index (Phi) is 5.34. The maximum Gasteiger partial charge on any atom is 0.247 e. The number of methoxy groups -OCH3 is 3. The van der Waals surface area contributed by atoms with Gasteiger partial charge in [-0.2, -0.15) is 0 Å². The predicted molar refractivity (Wildman–Crippen MR) is 117 cm³/mol. The number of hydrogen-bond donors (Lipinski definition) is 1. The lowest BCUT2D eigenvalue weighted by molar-refractivity contribution is 0.394. The van der Waals surface area contributed by atoms with Crippen molar-refractivity contribution in [2.75, 3.05) is 26.6 Å². The minimum Gasteiger partial charge on any atom is -0.497 e. The molecule has 1 heterocycles. The first-order valence-corrected chi connectivity index (χ1v) is 9.39. The van der Waals surface area contributed by atoms with E-state index in [0.29, 0.717) is 11.5 Å². The maximum absolute atomic E-state index is 5.39. The molecule has 0 amide bonds. The van der Waals surface area contributed by atoms with E-state index in [9.17, 15) is 0 Å². The molecule has 0 bridgehead atoms. The summed E-state index contributed by atoms with van der Waals surface area (Å²) in [6.07, 6.45) is 0. The first kappa shape index (κ1) is 19.4. The molecule has 0 aliphatic rings. The van der Waals surface area contributed by atoms with Crippen molar-refractivity contribution >= 4 is 22.7 Å². The summed E-state index contributed by atoms with van der Waals surface area (Å²) in [5.41, 5.74) is 5.32. The van der Waals surface area contributed by atoms with Crippen molar-refractivity contribution in [2.45, 2.75) is 6.92 Å². The molecular formula is C23H22N4O3. The fourth-order valence-corrected chi connectivity index (χ4v) is 3.21. The molecule has 0 atom stereocenters. The topological polar surface area (TPSA) is 78.4 Å². The number of ether oxygens (including phenoxy) is 3. The molecule has 3 aromatic carbocycles. The van der Waals surface area contributed by atoms with Crippen LogP contribution in [0.5, 0.6) is 17.2 Å². The van der Waals surface area contributed by atoms with Crippen molar-refractivity contribution in [2.24, 2.45) is 0 Å². The van der Waals surface area contributed by atoms with Crippen molar-refractivity contribution in [3.63, 3.8) is 0 Å². The number of nitrogens with one attached hydrogen (secondary N) is 1. The van der Waals surface area contributed by atoms with Gasteiger partial charge >= 0.3 is 0 Å². The van der Waals surface area contributed by atoms with Crippen LogP contribution >= 0.6 is 0 Å². The molecule has 0 saturated carbocycles. The SMILES string of the molecule is COc1ccc(Nc2nnc3cc(-c4cc(OC)cc(OC)c4)cc(C)c3n2)cc1. The fraction of sp³-hybridized carbons (Fsp3) is 0.174. The van der Waals surface area contributed by atoms with Crippen LogP contribution in [0.15, 0.2) is 54.6 Å². The number of rotatable bonds is 6. The highest BCUT2D eigenvalue weighted by Crippen LogP contribution is 2.32. The zero-order chi connectivity index (χ0) is 21.1. The molecule has 7 nitrogen and oxygen atoms in total. The third kappa shape index (κ3) is 3.96. The van der Waals surface area contributed by atoms with E-state index < -0.39 is 0 Å². The molecule has 152 valence electrons. The van der Waals surface area contributed by atoms with Crippen LogP contribution in [0.3, 0.4) is 0 Å². The molecule has 1 aromatic heterocycles. The van der Waals surface area contributed by atoms with Gasteiger partial charge in [-0.1, -0.05) is 0 Å². The van der Waals surface area contributed by atoms with Gasteiger partial charge in [-0.15, -0.1) is 10.2 Å². The Morgan fingerprint density at radius 1 is 0.700 bits per heavy atom. The fourth-order valence-electron chi connectivity index (χ4n) is 3.21. The van der Waals surface area contributed by atoms with Crippen LogP contribution in [-0.4, -0.2) is 36.5 Å². The van der Waals surface area contributed by atoms with Gasteiger partial charge in [0.2, 0.25) is 5.95 Å². The quantitative estimate of drug-likeness (QED) is 0.498. The zero-order valence-electron chi connectivity index (χ0n) is 17.3. The Morgan fingerprint density at radius 3 is 1.97 bits per heavy atom. The Balaban J connectivity index is 1.69. The van der Waals surface area contributed by atoms with E-state index in [0.717, 1.165) is 45.1 Å². The van der Waals surface area contributed by atoms with Crippen LogP contribution in [0.4, 0.5) is 11.6 Å². The van der Waals surface area contributed by atoms with Crippen LogP contribution in [0, 0.1) is 6.92 Å². The predicted octanol–water partition coefficient (Wildman–Crippen LogP) is 4.77. The summed E-state index contributed by atoms with van der Waals surface area (Å²) in [4.78, 5) is 4.65. The van der Waals surface area contributed by atoms with Gasteiger partial charge in [0, 0.05) is 11.8 Å². The molecule has 0 aliphatic carbocycles. The van der Waals surface area contributed by atoms with Gasteiger partial charge < -0.3 is 19.5 Å². The highest BCUT2D eigenvalue weighted by atomic mass is 16.5. The van der Waals surface area contributed by atoms with Crippen molar-refractivity contribution in [1.82, 2.24) is 15.2 Å². The van der Waals surface area contributed by atoms with E-state index in [2.05, 4.69) is 26.6 Å². The summed E-state index contributed by atoms with van der Waals surface area (Å²) >= 11 is 0. The Hall–Kier alpha value is -3.87. The number of fused-ring (bicyclic) bond motifs is 1. The Bertz CT molecular complexity index is 1170. The van der Waals surface area contributed by atoms with E-state index in [1.54, 1.807) is 21.3 Å².